The zero-order valence-electron chi connectivity index (χ0n) is 18.9. The number of rotatable bonds is 0. The van der Waals surface area contributed by atoms with Crippen LogP contribution < -0.4 is 0 Å². The van der Waals surface area contributed by atoms with Gasteiger partial charge < -0.3 is 4.74 Å². The fourth-order valence-electron chi connectivity index (χ4n) is 9.70. The van der Waals surface area contributed by atoms with Crippen molar-refractivity contribution in [2.45, 2.75) is 77.7 Å². The summed E-state index contributed by atoms with van der Waals surface area (Å²) >= 11 is 0. The third-order valence-electron chi connectivity index (χ3n) is 11.0. The molecule has 0 amide bonds. The first-order valence-electron chi connectivity index (χ1n) is 12.4. The number of hydrogen-bond acceptors (Lipinski definition) is 3. The van der Waals surface area contributed by atoms with Crippen molar-refractivity contribution in [2.75, 3.05) is 6.54 Å². The number of hydrogen-bond donors (Lipinski definition) is 0. The zero-order valence-corrected chi connectivity index (χ0v) is 18.9. The second-order valence-electron chi connectivity index (χ2n) is 12.2. The Morgan fingerprint density at radius 1 is 1.20 bits per heavy atom. The van der Waals surface area contributed by atoms with Crippen LogP contribution >= 0.6 is 0 Å². The predicted octanol–water partition coefficient (Wildman–Crippen LogP) is 4.90. The molecule has 3 nitrogen and oxygen atoms in total. The Labute approximate surface area is 180 Å². The Balaban J connectivity index is 1.28. The summed E-state index contributed by atoms with van der Waals surface area (Å²) in [6.45, 7) is 11.1. The second-order valence-corrected chi connectivity index (χ2v) is 12.2. The maximum Gasteiger partial charge on any atom is 0.178 e. The number of epoxide rings is 1. The van der Waals surface area contributed by atoms with Crippen molar-refractivity contribution in [1.29, 1.82) is 0 Å². The maximum atomic E-state index is 12.0. The smallest absolute Gasteiger partial charge is 0.178 e. The Kier molecular flexibility index (Phi) is 3.31. The van der Waals surface area contributed by atoms with Crippen molar-refractivity contribution in [3.63, 3.8) is 0 Å². The van der Waals surface area contributed by atoms with E-state index in [4.69, 9.17) is 4.74 Å². The van der Waals surface area contributed by atoms with Crippen LogP contribution in [-0.4, -0.2) is 35.1 Å². The van der Waals surface area contributed by atoms with E-state index in [1.54, 1.807) is 5.57 Å². The number of ketones is 1. The Morgan fingerprint density at radius 2 is 2.03 bits per heavy atom. The number of nitrogens with zero attached hydrogens (tertiary/aromatic N) is 1. The van der Waals surface area contributed by atoms with Crippen LogP contribution in [-0.2, 0) is 9.53 Å². The number of ether oxygens (including phenoxy) is 1. The largest absolute Gasteiger partial charge is 0.350 e. The highest BCUT2D eigenvalue weighted by Gasteiger charge is 2.78. The van der Waals surface area contributed by atoms with E-state index in [0.29, 0.717) is 29.4 Å². The van der Waals surface area contributed by atoms with Gasteiger partial charge in [-0.1, -0.05) is 44.1 Å². The maximum absolute atomic E-state index is 12.0. The summed E-state index contributed by atoms with van der Waals surface area (Å²) in [5.74, 6) is 3.78. The molecule has 3 heterocycles. The van der Waals surface area contributed by atoms with E-state index in [2.05, 4.69) is 44.7 Å². The van der Waals surface area contributed by atoms with E-state index in [9.17, 15) is 4.79 Å². The van der Waals surface area contributed by atoms with Gasteiger partial charge in [0, 0.05) is 23.9 Å². The van der Waals surface area contributed by atoms with E-state index in [-0.39, 0.29) is 16.9 Å². The molecule has 3 heteroatoms. The molecule has 160 valence electrons. The highest BCUT2D eigenvalue weighted by atomic mass is 16.6. The van der Waals surface area contributed by atoms with Crippen LogP contribution in [0.4, 0.5) is 0 Å². The molecule has 7 aliphatic rings. The van der Waals surface area contributed by atoms with E-state index < -0.39 is 0 Å². The summed E-state index contributed by atoms with van der Waals surface area (Å²) in [6.07, 6.45) is 15.2. The highest BCUT2D eigenvalue weighted by molar-refractivity contribution is 6.01. The van der Waals surface area contributed by atoms with Crippen LogP contribution in [0, 0.1) is 40.4 Å². The van der Waals surface area contributed by atoms with Crippen molar-refractivity contribution in [2.24, 2.45) is 40.4 Å². The summed E-state index contributed by atoms with van der Waals surface area (Å²) in [5.41, 5.74) is 3.43. The lowest BCUT2D eigenvalue weighted by molar-refractivity contribution is -0.110. The first kappa shape index (κ1) is 18.4. The van der Waals surface area contributed by atoms with Gasteiger partial charge in [-0.3, -0.25) is 9.69 Å². The minimum absolute atomic E-state index is 0.0208. The average Bonchev–Trinajstić information content (AvgIpc) is 3.28. The number of piperidine rings is 1. The number of fused-ring (bicyclic) bond motifs is 8. The van der Waals surface area contributed by atoms with E-state index in [0.717, 1.165) is 24.2 Å². The minimum atomic E-state index is -0.0208. The quantitative estimate of drug-likeness (QED) is 0.425. The Bertz CT molecular complexity index is 947. The van der Waals surface area contributed by atoms with Gasteiger partial charge in [-0.05, 0) is 80.3 Å². The molecule has 3 aliphatic heterocycles. The molecule has 0 radical (unpaired) electrons. The van der Waals surface area contributed by atoms with E-state index in [1.165, 1.54) is 37.8 Å². The molecule has 7 rings (SSSR count). The van der Waals surface area contributed by atoms with Gasteiger partial charge in [0.05, 0.1) is 0 Å². The molecule has 2 saturated carbocycles. The molecular weight excluding hydrogens is 370 g/mol. The molecule has 10 atom stereocenters. The second kappa shape index (κ2) is 5.41. The van der Waals surface area contributed by atoms with Gasteiger partial charge in [-0.15, -0.1) is 0 Å². The molecule has 4 aliphatic carbocycles. The molecule has 0 bridgehead atoms. The monoisotopic (exact) mass is 405 g/mol. The minimum Gasteiger partial charge on any atom is -0.350 e. The predicted molar refractivity (Wildman–Crippen MR) is 117 cm³/mol. The fraction of sp³-hybridized carbons (Fsp3) is 0.741. The van der Waals surface area contributed by atoms with Gasteiger partial charge in [-0.25, -0.2) is 0 Å². The summed E-state index contributed by atoms with van der Waals surface area (Å²) in [4.78, 5) is 14.9. The first-order chi connectivity index (χ1) is 14.3. The fourth-order valence-corrected chi connectivity index (χ4v) is 9.70. The Morgan fingerprint density at radius 3 is 2.87 bits per heavy atom. The number of carbonyl (C=O) groups is 1. The standard InChI is InChI=1S/C27H35NO2/c1-15-11-23-27(30-23)16(2)24-22(28(27)14-15)13-21-19-6-5-17-12-18(29)7-9-25(17,3)20(19)8-10-26(21,24)4/h7-9,12,15-16,19,21-24H,5-6,10-11,13-14H2,1-4H3/t15-,16-,19+,21-,22-,23+,24-,25+,26-,27+/m0/s1. The molecule has 1 spiro atoms. The molecular formula is C27H35NO2. The number of allylic oxidation sites excluding steroid dienone is 6. The summed E-state index contributed by atoms with van der Waals surface area (Å²) < 4.78 is 6.50. The van der Waals surface area contributed by atoms with E-state index in [1.807, 2.05) is 12.2 Å². The van der Waals surface area contributed by atoms with Crippen molar-refractivity contribution in [1.82, 2.24) is 4.90 Å². The molecule has 3 saturated heterocycles. The average molecular weight is 406 g/mol. The molecule has 30 heavy (non-hydrogen) atoms. The van der Waals surface area contributed by atoms with Crippen molar-refractivity contribution in [3.05, 3.63) is 35.5 Å². The van der Waals surface area contributed by atoms with Crippen molar-refractivity contribution >= 4 is 5.78 Å². The van der Waals surface area contributed by atoms with Crippen LogP contribution in [0.25, 0.3) is 0 Å². The lowest BCUT2D eigenvalue weighted by atomic mass is 9.51. The van der Waals surface area contributed by atoms with Crippen LogP contribution in [0.15, 0.2) is 35.5 Å². The Hall–Kier alpha value is -1.19. The van der Waals surface area contributed by atoms with Crippen LogP contribution in [0.5, 0.6) is 0 Å². The van der Waals surface area contributed by atoms with Crippen LogP contribution in [0.3, 0.4) is 0 Å². The topological polar surface area (TPSA) is 32.8 Å². The summed E-state index contributed by atoms with van der Waals surface area (Å²) in [5, 5.41) is 0. The van der Waals surface area contributed by atoms with Gasteiger partial charge in [0.25, 0.3) is 0 Å². The third-order valence-corrected chi connectivity index (χ3v) is 11.0. The summed E-state index contributed by atoms with van der Waals surface area (Å²) in [7, 11) is 0. The lowest BCUT2D eigenvalue weighted by Crippen LogP contribution is -2.49. The molecule has 0 aromatic carbocycles. The molecule has 0 aromatic rings. The van der Waals surface area contributed by atoms with Gasteiger partial charge in [-0.2, -0.15) is 0 Å². The SMILES string of the molecule is C[C@H]1C[C@H]2O[C@]23[C@@H](C)[C@H]2[C@H](C[C@H]4[C@@H]5CCC6=CC(=O)C=C[C@@]6(C)C5=CC[C@]24C)N3C1. The lowest BCUT2D eigenvalue weighted by Gasteiger charge is -2.53. The molecule has 0 N–H and O–H groups in total. The van der Waals surface area contributed by atoms with Gasteiger partial charge in [0.15, 0.2) is 11.5 Å². The number of carbonyl (C=O) groups excluding carboxylic acids is 1. The third kappa shape index (κ3) is 1.91. The normalized spacial score (nSPS) is 58.0. The van der Waals surface area contributed by atoms with E-state index >= 15 is 0 Å². The summed E-state index contributed by atoms with van der Waals surface area (Å²) in [6, 6.07) is 0.698. The highest BCUT2D eigenvalue weighted by Crippen LogP contribution is 2.72. The van der Waals surface area contributed by atoms with Crippen LogP contribution in [0.2, 0.25) is 0 Å². The van der Waals surface area contributed by atoms with Crippen molar-refractivity contribution < 1.29 is 9.53 Å². The van der Waals surface area contributed by atoms with Crippen LogP contribution in [0.1, 0.15) is 59.8 Å². The first-order valence-corrected chi connectivity index (χ1v) is 12.4. The van der Waals surface area contributed by atoms with Gasteiger partial charge in [0.2, 0.25) is 0 Å². The molecule has 5 fully saturated rings. The molecule has 0 aromatic heterocycles. The van der Waals surface area contributed by atoms with Gasteiger partial charge in [0.1, 0.15) is 6.10 Å². The van der Waals surface area contributed by atoms with Gasteiger partial charge >= 0.3 is 0 Å². The molecule has 0 unspecified atom stereocenters. The zero-order chi connectivity index (χ0) is 20.6. The van der Waals surface area contributed by atoms with Crippen molar-refractivity contribution in [3.8, 4) is 0 Å².